The monoisotopic (exact) mass is 309 g/mol. The lowest BCUT2D eigenvalue weighted by Crippen LogP contribution is -2.30. The van der Waals surface area contributed by atoms with Crippen LogP contribution in [-0.4, -0.2) is 37.3 Å². The fraction of sp³-hybridized carbons (Fsp3) is 0.316. The molecule has 4 nitrogen and oxygen atoms in total. The van der Waals surface area contributed by atoms with Crippen molar-refractivity contribution < 1.29 is 4.74 Å². The fourth-order valence-electron chi connectivity index (χ4n) is 2.75. The zero-order valence-electron chi connectivity index (χ0n) is 13.5. The number of fused-ring (bicyclic) bond motifs is 1. The van der Waals surface area contributed by atoms with Gasteiger partial charge in [0.1, 0.15) is 12.4 Å². The van der Waals surface area contributed by atoms with Crippen LogP contribution in [0, 0.1) is 0 Å². The Morgan fingerprint density at radius 1 is 1.17 bits per heavy atom. The highest BCUT2D eigenvalue weighted by molar-refractivity contribution is 6.05. The number of nitrogens with zero attached hydrogens (tertiary/aromatic N) is 2. The van der Waals surface area contributed by atoms with Gasteiger partial charge in [0.15, 0.2) is 0 Å². The van der Waals surface area contributed by atoms with Crippen molar-refractivity contribution in [3.05, 3.63) is 65.2 Å². The first-order chi connectivity index (χ1) is 11.3. The molecule has 23 heavy (non-hydrogen) atoms. The van der Waals surface area contributed by atoms with Crippen molar-refractivity contribution in [1.82, 2.24) is 4.90 Å². The number of rotatable bonds is 7. The number of hydrogen-bond donors (Lipinski definition) is 1. The first-order valence-electron chi connectivity index (χ1n) is 7.98. The summed E-state index contributed by atoms with van der Waals surface area (Å²) in [5.74, 6) is 0.892. The highest BCUT2D eigenvalue weighted by atomic mass is 16.5. The molecule has 0 unspecified atom stereocenters. The van der Waals surface area contributed by atoms with Crippen LogP contribution in [0.3, 0.4) is 0 Å². The molecule has 0 saturated heterocycles. The standard InChI is InChI=1S/C19H23N3O/c1-22(10-9-20)13-19-18-11-17(8-7-16(18)12-21-19)23-14-15-5-3-2-4-6-15/h2-8,11H,9-10,12-14,20H2,1H3. The van der Waals surface area contributed by atoms with Crippen molar-refractivity contribution in [1.29, 1.82) is 0 Å². The number of aliphatic imine (C=N–C) groups is 1. The zero-order valence-corrected chi connectivity index (χ0v) is 13.5. The van der Waals surface area contributed by atoms with Gasteiger partial charge in [-0.2, -0.15) is 0 Å². The molecule has 0 saturated carbocycles. The van der Waals surface area contributed by atoms with Crippen LogP contribution in [0.15, 0.2) is 53.5 Å². The lowest BCUT2D eigenvalue weighted by Gasteiger charge is -2.16. The predicted octanol–water partition coefficient (Wildman–Crippen LogP) is 2.46. The van der Waals surface area contributed by atoms with Gasteiger partial charge < -0.3 is 10.5 Å². The predicted molar refractivity (Wildman–Crippen MR) is 94.0 cm³/mol. The van der Waals surface area contributed by atoms with Crippen molar-refractivity contribution in [2.45, 2.75) is 13.2 Å². The largest absolute Gasteiger partial charge is 0.489 e. The number of likely N-dealkylation sites (N-methyl/N-ethyl adjacent to an activating group) is 1. The van der Waals surface area contributed by atoms with E-state index in [-0.39, 0.29) is 0 Å². The average Bonchev–Trinajstić information content (AvgIpc) is 2.96. The molecule has 0 aliphatic carbocycles. The van der Waals surface area contributed by atoms with E-state index in [1.54, 1.807) is 0 Å². The second-order valence-electron chi connectivity index (χ2n) is 5.88. The van der Waals surface area contributed by atoms with Gasteiger partial charge in [-0.3, -0.25) is 9.89 Å². The van der Waals surface area contributed by atoms with Crippen LogP contribution < -0.4 is 10.5 Å². The molecular formula is C19H23N3O. The Morgan fingerprint density at radius 3 is 2.78 bits per heavy atom. The highest BCUT2D eigenvalue weighted by Crippen LogP contribution is 2.25. The summed E-state index contributed by atoms with van der Waals surface area (Å²) in [6, 6.07) is 16.5. The minimum absolute atomic E-state index is 0.583. The van der Waals surface area contributed by atoms with Crippen molar-refractivity contribution in [2.75, 3.05) is 26.7 Å². The van der Waals surface area contributed by atoms with E-state index in [2.05, 4.69) is 41.2 Å². The lowest BCUT2D eigenvalue weighted by molar-refractivity contribution is 0.306. The number of benzene rings is 2. The maximum atomic E-state index is 5.93. The molecule has 2 aromatic carbocycles. The van der Waals surface area contributed by atoms with Crippen LogP contribution in [0.2, 0.25) is 0 Å². The summed E-state index contributed by atoms with van der Waals surface area (Å²) in [6.45, 7) is 3.71. The van der Waals surface area contributed by atoms with Crippen LogP contribution >= 0.6 is 0 Å². The highest BCUT2D eigenvalue weighted by Gasteiger charge is 2.17. The van der Waals surface area contributed by atoms with Gasteiger partial charge in [0.05, 0.1) is 12.3 Å². The zero-order chi connectivity index (χ0) is 16.1. The molecule has 4 heteroatoms. The van der Waals surface area contributed by atoms with E-state index in [0.717, 1.165) is 31.1 Å². The Bertz CT molecular complexity index is 682. The summed E-state index contributed by atoms with van der Waals surface area (Å²) in [6.07, 6.45) is 0. The Hall–Kier alpha value is -2.17. The number of nitrogens with two attached hydrogens (primary N) is 1. The topological polar surface area (TPSA) is 50.8 Å². The number of ether oxygens (including phenoxy) is 1. The molecule has 1 aliphatic heterocycles. The van der Waals surface area contributed by atoms with Gasteiger partial charge in [0.2, 0.25) is 0 Å². The molecule has 1 heterocycles. The molecule has 1 aliphatic rings. The van der Waals surface area contributed by atoms with Gasteiger partial charge in [-0.05, 0) is 30.3 Å². The molecule has 2 aromatic rings. The molecule has 0 fully saturated rings. The molecule has 0 aromatic heterocycles. The van der Waals surface area contributed by atoms with E-state index in [0.29, 0.717) is 13.2 Å². The van der Waals surface area contributed by atoms with Crippen molar-refractivity contribution >= 4 is 5.71 Å². The number of hydrogen-bond acceptors (Lipinski definition) is 4. The van der Waals surface area contributed by atoms with E-state index in [9.17, 15) is 0 Å². The van der Waals surface area contributed by atoms with Gasteiger partial charge >= 0.3 is 0 Å². The Morgan fingerprint density at radius 2 is 2.00 bits per heavy atom. The van der Waals surface area contributed by atoms with E-state index in [1.165, 1.54) is 16.7 Å². The summed E-state index contributed by atoms with van der Waals surface area (Å²) < 4.78 is 5.93. The second kappa shape index (κ2) is 7.40. The summed E-state index contributed by atoms with van der Waals surface area (Å²) in [7, 11) is 2.07. The normalized spacial score (nSPS) is 13.1. The van der Waals surface area contributed by atoms with Crippen LogP contribution in [0.4, 0.5) is 0 Å². The van der Waals surface area contributed by atoms with Gasteiger partial charge in [-0.1, -0.05) is 36.4 Å². The third-order valence-electron chi connectivity index (χ3n) is 4.01. The summed E-state index contributed by atoms with van der Waals surface area (Å²) in [4.78, 5) is 6.86. The summed E-state index contributed by atoms with van der Waals surface area (Å²) in [5, 5.41) is 0. The van der Waals surface area contributed by atoms with Crippen molar-refractivity contribution in [3.8, 4) is 5.75 Å². The Kier molecular flexibility index (Phi) is 5.05. The maximum Gasteiger partial charge on any atom is 0.120 e. The fourth-order valence-corrected chi connectivity index (χ4v) is 2.75. The lowest BCUT2D eigenvalue weighted by atomic mass is 10.1. The quantitative estimate of drug-likeness (QED) is 0.855. The maximum absolute atomic E-state index is 5.93. The van der Waals surface area contributed by atoms with Crippen molar-refractivity contribution in [2.24, 2.45) is 10.7 Å². The van der Waals surface area contributed by atoms with Gasteiger partial charge in [0.25, 0.3) is 0 Å². The minimum Gasteiger partial charge on any atom is -0.489 e. The summed E-state index contributed by atoms with van der Waals surface area (Å²) in [5.41, 5.74) is 10.4. The second-order valence-corrected chi connectivity index (χ2v) is 5.88. The molecule has 0 spiro atoms. The third kappa shape index (κ3) is 3.97. The van der Waals surface area contributed by atoms with Crippen LogP contribution in [0.5, 0.6) is 5.75 Å². The summed E-state index contributed by atoms with van der Waals surface area (Å²) >= 11 is 0. The molecule has 0 atom stereocenters. The average molecular weight is 309 g/mol. The third-order valence-corrected chi connectivity index (χ3v) is 4.01. The molecule has 0 bridgehead atoms. The van der Waals surface area contributed by atoms with E-state index in [1.807, 2.05) is 24.3 Å². The van der Waals surface area contributed by atoms with Crippen LogP contribution in [-0.2, 0) is 13.2 Å². The molecule has 3 rings (SSSR count). The first-order valence-corrected chi connectivity index (χ1v) is 7.98. The van der Waals surface area contributed by atoms with Gasteiger partial charge in [0, 0.05) is 25.2 Å². The first kappa shape index (κ1) is 15.7. The SMILES string of the molecule is CN(CCN)CC1=NCc2ccc(OCc3ccccc3)cc21. The molecule has 0 amide bonds. The smallest absolute Gasteiger partial charge is 0.120 e. The van der Waals surface area contributed by atoms with Crippen LogP contribution in [0.1, 0.15) is 16.7 Å². The molecule has 0 radical (unpaired) electrons. The van der Waals surface area contributed by atoms with E-state index < -0.39 is 0 Å². The van der Waals surface area contributed by atoms with Gasteiger partial charge in [-0.25, -0.2) is 0 Å². The van der Waals surface area contributed by atoms with E-state index >= 15 is 0 Å². The minimum atomic E-state index is 0.583. The Labute approximate surface area is 137 Å². The van der Waals surface area contributed by atoms with Gasteiger partial charge in [-0.15, -0.1) is 0 Å². The van der Waals surface area contributed by atoms with Crippen molar-refractivity contribution in [3.63, 3.8) is 0 Å². The molecule has 2 N–H and O–H groups in total. The Balaban J connectivity index is 1.68. The van der Waals surface area contributed by atoms with Crippen LogP contribution in [0.25, 0.3) is 0 Å². The molecule has 120 valence electrons. The molecular weight excluding hydrogens is 286 g/mol. The van der Waals surface area contributed by atoms with E-state index in [4.69, 9.17) is 10.5 Å².